The van der Waals surface area contributed by atoms with Crippen molar-refractivity contribution >= 4 is 68.2 Å². The molecule has 2 aromatic carbocycles. The standard InChI is InChI=1S/C35H41BrF2N11O2P/c1-46-13-15-47(16-14-46)23-7-11-48(12-8-23)29-18-30(51-2)28(17-24(29)22-19-42-49(21-22)34(37)38)44-35-41-20-25(36)33(45-35)43-27-6-5-26-31(40-10-9-39-26)32(27)52(3,4)50/h5-6,9-10,17-21,23,34H,7-8,11-16H2,1-4H3,(H2,41,43,44,45). The molecule has 0 aliphatic carbocycles. The van der Waals surface area contributed by atoms with Crippen LogP contribution in [0.25, 0.3) is 22.2 Å². The van der Waals surface area contributed by atoms with Crippen molar-refractivity contribution in [2.45, 2.75) is 25.4 Å². The van der Waals surface area contributed by atoms with E-state index in [2.05, 4.69) is 68.4 Å². The summed E-state index contributed by atoms with van der Waals surface area (Å²) in [7, 11) is 0.936. The molecule has 0 unspecified atom stereocenters. The quantitative estimate of drug-likeness (QED) is 0.152. The van der Waals surface area contributed by atoms with Crippen molar-refractivity contribution in [1.82, 2.24) is 39.5 Å². The predicted molar refractivity (Wildman–Crippen MR) is 205 cm³/mol. The fourth-order valence-electron chi connectivity index (χ4n) is 7.00. The van der Waals surface area contributed by atoms with Gasteiger partial charge in [0.15, 0.2) is 0 Å². The Kier molecular flexibility index (Phi) is 10.4. The molecule has 2 aliphatic heterocycles. The zero-order chi connectivity index (χ0) is 36.6. The van der Waals surface area contributed by atoms with Crippen LogP contribution in [-0.4, -0.2) is 112 Å². The van der Waals surface area contributed by atoms with Gasteiger partial charge in [-0.3, -0.25) is 14.9 Å². The molecule has 0 bridgehead atoms. The molecule has 17 heteroatoms. The molecular weight excluding hydrogens is 755 g/mol. The Balaban J connectivity index is 1.20. The summed E-state index contributed by atoms with van der Waals surface area (Å²) < 4.78 is 48.0. The van der Waals surface area contributed by atoms with Crippen LogP contribution < -0.4 is 25.6 Å². The molecule has 7 rings (SSSR count). The number of anilines is 5. The van der Waals surface area contributed by atoms with E-state index in [1.807, 2.05) is 24.3 Å². The first-order valence-corrected chi connectivity index (χ1v) is 20.5. The molecule has 0 spiro atoms. The summed E-state index contributed by atoms with van der Waals surface area (Å²) >= 11 is 3.55. The molecule has 0 atom stereocenters. The molecule has 0 radical (unpaired) electrons. The van der Waals surface area contributed by atoms with Crippen LogP contribution in [-0.2, 0) is 4.57 Å². The van der Waals surface area contributed by atoms with Crippen LogP contribution in [0.5, 0.6) is 5.75 Å². The van der Waals surface area contributed by atoms with Gasteiger partial charge in [-0.2, -0.15) is 18.9 Å². The van der Waals surface area contributed by atoms with E-state index < -0.39 is 13.7 Å². The Morgan fingerprint density at radius 1 is 0.962 bits per heavy atom. The summed E-state index contributed by atoms with van der Waals surface area (Å²) in [5.41, 5.74) is 4.48. The van der Waals surface area contributed by atoms with Gasteiger partial charge in [-0.05, 0) is 67.3 Å². The molecule has 274 valence electrons. The van der Waals surface area contributed by atoms with Crippen LogP contribution in [0.4, 0.5) is 37.6 Å². The summed E-state index contributed by atoms with van der Waals surface area (Å²) in [6.07, 6.45) is 9.61. The Morgan fingerprint density at radius 2 is 1.71 bits per heavy atom. The van der Waals surface area contributed by atoms with E-state index in [0.717, 1.165) is 63.4 Å². The number of piperazine rings is 1. The maximum Gasteiger partial charge on any atom is 0.333 e. The number of fused-ring (bicyclic) bond motifs is 1. The molecular formula is C35H41BrF2N11O2P. The predicted octanol–water partition coefficient (Wildman–Crippen LogP) is 6.40. The van der Waals surface area contributed by atoms with Gasteiger partial charge < -0.3 is 29.7 Å². The molecule has 3 aromatic heterocycles. The molecule has 2 N–H and O–H groups in total. The third-order valence-corrected chi connectivity index (χ3v) is 11.8. The van der Waals surface area contributed by atoms with Crippen LogP contribution in [0.1, 0.15) is 19.4 Å². The Bertz CT molecular complexity index is 2110. The van der Waals surface area contributed by atoms with E-state index in [1.54, 1.807) is 39.0 Å². The van der Waals surface area contributed by atoms with E-state index in [-0.39, 0.29) is 5.95 Å². The second kappa shape index (κ2) is 15.0. The molecule has 52 heavy (non-hydrogen) atoms. The van der Waals surface area contributed by atoms with Crippen LogP contribution in [0, 0.1) is 0 Å². The van der Waals surface area contributed by atoms with E-state index in [4.69, 9.17) is 9.72 Å². The zero-order valence-electron chi connectivity index (χ0n) is 29.4. The summed E-state index contributed by atoms with van der Waals surface area (Å²) in [6, 6.07) is 7.95. The van der Waals surface area contributed by atoms with Crippen molar-refractivity contribution < 1.29 is 18.1 Å². The Morgan fingerprint density at radius 3 is 2.40 bits per heavy atom. The zero-order valence-corrected chi connectivity index (χ0v) is 31.9. The van der Waals surface area contributed by atoms with Gasteiger partial charge >= 0.3 is 6.55 Å². The molecule has 2 saturated heterocycles. The normalized spacial score (nSPS) is 16.5. The van der Waals surface area contributed by atoms with Gasteiger partial charge in [-0.25, -0.2) is 9.67 Å². The minimum Gasteiger partial charge on any atom is -0.494 e. The number of methoxy groups -OCH3 is 1. The Labute approximate surface area is 309 Å². The van der Waals surface area contributed by atoms with Gasteiger partial charge in [0.05, 0.1) is 40.0 Å². The number of hydrogen-bond acceptors (Lipinski definition) is 12. The number of piperidine rings is 1. The van der Waals surface area contributed by atoms with Crippen molar-refractivity contribution in [3.63, 3.8) is 0 Å². The smallest absolute Gasteiger partial charge is 0.333 e. The Hall–Kier alpha value is -4.24. The highest BCUT2D eigenvalue weighted by atomic mass is 79.9. The third-order valence-electron chi connectivity index (χ3n) is 9.69. The molecule has 5 heterocycles. The minimum absolute atomic E-state index is 0.247. The number of nitrogens with one attached hydrogen (secondary N) is 2. The first kappa shape index (κ1) is 36.1. The molecule has 13 nitrogen and oxygen atoms in total. The number of benzene rings is 2. The van der Waals surface area contributed by atoms with Gasteiger partial charge in [0.25, 0.3) is 0 Å². The average molecular weight is 797 g/mol. The maximum atomic E-state index is 13.7. The highest BCUT2D eigenvalue weighted by Crippen LogP contribution is 2.43. The monoisotopic (exact) mass is 795 g/mol. The minimum atomic E-state index is -2.82. The van der Waals surface area contributed by atoms with Gasteiger partial charge in [0.1, 0.15) is 24.2 Å². The number of alkyl halides is 2. The van der Waals surface area contributed by atoms with Gasteiger partial charge in [0, 0.05) is 93.0 Å². The lowest BCUT2D eigenvalue weighted by Gasteiger charge is -2.43. The number of aromatic nitrogens is 6. The maximum absolute atomic E-state index is 13.7. The third kappa shape index (κ3) is 7.61. The van der Waals surface area contributed by atoms with Crippen molar-refractivity contribution in [3.8, 4) is 16.9 Å². The summed E-state index contributed by atoms with van der Waals surface area (Å²) in [4.78, 5) is 25.4. The summed E-state index contributed by atoms with van der Waals surface area (Å²) in [6.45, 7) is 6.54. The van der Waals surface area contributed by atoms with Gasteiger partial charge in [-0.1, -0.05) is 0 Å². The van der Waals surface area contributed by atoms with Crippen molar-refractivity contribution in [2.75, 3.05) is 82.3 Å². The number of rotatable bonds is 10. The van der Waals surface area contributed by atoms with Gasteiger partial charge in [0.2, 0.25) is 5.95 Å². The first-order chi connectivity index (χ1) is 25.0. The fourth-order valence-corrected chi connectivity index (χ4v) is 8.69. The van der Waals surface area contributed by atoms with Crippen molar-refractivity contribution in [1.29, 1.82) is 0 Å². The SMILES string of the molecule is COc1cc(N2CCC(N3CCN(C)CC3)CC2)c(-c2cnn(C(F)F)c2)cc1Nc1ncc(Br)c(Nc2ccc3nccnc3c2P(C)(C)=O)n1. The lowest BCUT2D eigenvalue weighted by molar-refractivity contribution is 0.0566. The number of halogens is 3. The second-order valence-electron chi connectivity index (χ2n) is 13.5. The van der Waals surface area contributed by atoms with Crippen LogP contribution in [0.2, 0.25) is 0 Å². The summed E-state index contributed by atoms with van der Waals surface area (Å²) in [5.74, 6) is 1.21. The first-order valence-electron chi connectivity index (χ1n) is 17.1. The summed E-state index contributed by atoms with van der Waals surface area (Å²) in [5, 5.41) is 11.1. The number of hydrogen-bond donors (Lipinski definition) is 2. The highest BCUT2D eigenvalue weighted by Gasteiger charge is 2.29. The fraction of sp³-hybridized carbons (Fsp3) is 0.400. The van der Waals surface area contributed by atoms with E-state index in [9.17, 15) is 13.3 Å². The average Bonchev–Trinajstić information content (AvgIpc) is 3.64. The molecule has 2 fully saturated rings. The number of likely N-dealkylation sites (N-methyl/N-ethyl adjacent to an activating group) is 1. The molecule has 5 aromatic rings. The van der Waals surface area contributed by atoms with Crippen LogP contribution in [0.15, 0.2) is 59.7 Å². The van der Waals surface area contributed by atoms with Crippen LogP contribution in [0.3, 0.4) is 0 Å². The highest BCUT2D eigenvalue weighted by molar-refractivity contribution is 9.10. The lowest BCUT2D eigenvalue weighted by Crippen LogP contribution is -2.52. The number of nitrogens with zero attached hydrogens (tertiary/aromatic N) is 9. The van der Waals surface area contributed by atoms with Crippen LogP contribution >= 0.6 is 23.1 Å². The van der Waals surface area contributed by atoms with E-state index in [0.29, 0.717) is 60.0 Å². The van der Waals surface area contributed by atoms with Gasteiger partial charge in [-0.15, -0.1) is 0 Å². The van der Waals surface area contributed by atoms with E-state index in [1.165, 1.54) is 12.4 Å². The van der Waals surface area contributed by atoms with Crippen molar-refractivity contribution in [2.24, 2.45) is 0 Å². The van der Waals surface area contributed by atoms with Crippen molar-refractivity contribution in [3.05, 3.63) is 59.7 Å². The molecule has 0 saturated carbocycles. The topological polar surface area (TPSA) is 129 Å². The molecule has 2 aliphatic rings. The number of ether oxygens (including phenoxy) is 1. The van der Waals surface area contributed by atoms with E-state index >= 15 is 0 Å². The second-order valence-corrected chi connectivity index (χ2v) is 17.5. The molecule has 0 amide bonds. The largest absolute Gasteiger partial charge is 0.494 e. The lowest BCUT2D eigenvalue weighted by atomic mass is 9.98.